The summed E-state index contributed by atoms with van der Waals surface area (Å²) in [4.78, 5) is 42.7. The van der Waals surface area contributed by atoms with Gasteiger partial charge in [0.1, 0.15) is 37.0 Å². The fourth-order valence-electron chi connectivity index (χ4n) is 8.35. The highest BCUT2D eigenvalue weighted by molar-refractivity contribution is 5.86. The van der Waals surface area contributed by atoms with Crippen molar-refractivity contribution in [1.82, 2.24) is 15.5 Å². The third-order valence-corrected chi connectivity index (χ3v) is 12.1. The van der Waals surface area contributed by atoms with E-state index in [1.54, 1.807) is 4.90 Å². The van der Waals surface area contributed by atoms with Gasteiger partial charge < -0.3 is 40.3 Å². The molecule has 1 aromatic carbocycles. The van der Waals surface area contributed by atoms with E-state index < -0.39 is 55.2 Å². The number of hydrogen-bond donors (Lipinski definition) is 5. The van der Waals surface area contributed by atoms with Gasteiger partial charge in [0.25, 0.3) is 0 Å². The molecule has 352 valence electrons. The Kier molecular flexibility index (Phi) is 31.0. The maximum absolute atomic E-state index is 14.2. The number of ether oxygens (including phenoxy) is 2. The summed E-state index contributed by atoms with van der Waals surface area (Å²) < 4.78 is 11.7. The molecule has 0 bridgehead atoms. The number of aliphatic hydroxyl groups excluding tert-OH is 3. The molecule has 0 radical (unpaired) electrons. The minimum Gasteiger partial charge on any atom is -0.445 e. The van der Waals surface area contributed by atoms with Gasteiger partial charge in [0, 0.05) is 13.0 Å². The van der Waals surface area contributed by atoms with E-state index in [0.29, 0.717) is 13.0 Å². The summed E-state index contributed by atoms with van der Waals surface area (Å²) in [5.74, 6) is -0.717. The summed E-state index contributed by atoms with van der Waals surface area (Å²) in [6.07, 6.45) is 24.1. The van der Waals surface area contributed by atoms with E-state index in [9.17, 15) is 29.7 Å². The van der Waals surface area contributed by atoms with Gasteiger partial charge in [-0.2, -0.15) is 0 Å². The van der Waals surface area contributed by atoms with Gasteiger partial charge in [-0.1, -0.05) is 206 Å². The molecule has 0 aromatic heterocycles. The van der Waals surface area contributed by atoms with Gasteiger partial charge in [0.05, 0.1) is 6.61 Å². The average molecular weight is 860 g/mol. The highest BCUT2D eigenvalue weighted by atomic mass is 16.6. The molecule has 0 aliphatic carbocycles. The number of nitrogens with one attached hydrogen (secondary N) is 2. The predicted octanol–water partition coefficient (Wildman–Crippen LogP) is 10.3. The van der Waals surface area contributed by atoms with Crippen molar-refractivity contribution in [3.05, 3.63) is 35.9 Å². The molecule has 5 N–H and O–H groups in total. The molecule has 3 amide bonds. The van der Waals surface area contributed by atoms with Crippen molar-refractivity contribution in [2.75, 3.05) is 13.2 Å². The van der Waals surface area contributed by atoms with Crippen LogP contribution >= 0.6 is 0 Å². The molecule has 1 aromatic rings. The maximum Gasteiger partial charge on any atom is 0.408 e. The van der Waals surface area contributed by atoms with Crippen molar-refractivity contribution < 1.29 is 39.2 Å². The number of unbranched alkanes of at least 4 members (excludes halogenated alkanes) is 23. The van der Waals surface area contributed by atoms with Crippen LogP contribution in [0.2, 0.25) is 0 Å². The first-order chi connectivity index (χ1) is 29.6. The molecular formula is C50H89N3O8. The number of amides is 3. The van der Waals surface area contributed by atoms with Gasteiger partial charge in [-0.05, 0) is 30.7 Å². The van der Waals surface area contributed by atoms with Gasteiger partial charge in [0.2, 0.25) is 11.8 Å². The second-order valence-corrected chi connectivity index (χ2v) is 18.1. The Morgan fingerprint density at radius 1 is 0.689 bits per heavy atom. The zero-order valence-electron chi connectivity index (χ0n) is 39.0. The number of carbonyl (C=O) groups is 3. The van der Waals surface area contributed by atoms with E-state index in [0.717, 1.165) is 56.9 Å². The summed E-state index contributed by atoms with van der Waals surface area (Å²) >= 11 is 0. The molecule has 1 heterocycles. The largest absolute Gasteiger partial charge is 0.445 e. The molecule has 0 spiro atoms. The summed E-state index contributed by atoms with van der Waals surface area (Å²) in [6.45, 7) is 8.17. The number of hydrogen-bond acceptors (Lipinski definition) is 8. The van der Waals surface area contributed by atoms with Crippen LogP contribution in [-0.4, -0.2) is 87.9 Å². The average Bonchev–Trinajstić information content (AvgIpc) is 3.25. The normalized spacial score (nSPS) is 19.4. The van der Waals surface area contributed by atoms with Crippen molar-refractivity contribution in [1.29, 1.82) is 0 Å². The van der Waals surface area contributed by atoms with Crippen molar-refractivity contribution in [3.63, 3.8) is 0 Å². The SMILES string of the molecule is CCCCCCCCCCCCCCCC(=O)N(CCCCCCCCCCCCCC)[C@@H]1O[C@H](CO)[C@@H](O)[C@H](O)[C@H]1NC(=O)[C@H](CC(C)C)NC(=O)OCc1ccccc1. The molecule has 2 rings (SSSR count). The van der Waals surface area contributed by atoms with Crippen LogP contribution in [-0.2, 0) is 25.7 Å². The highest BCUT2D eigenvalue weighted by Gasteiger charge is 2.48. The van der Waals surface area contributed by atoms with Crippen LogP contribution in [0.25, 0.3) is 0 Å². The summed E-state index contributed by atoms with van der Waals surface area (Å²) in [7, 11) is 0. The lowest BCUT2D eigenvalue weighted by molar-refractivity contribution is -0.231. The van der Waals surface area contributed by atoms with E-state index in [1.165, 1.54) is 109 Å². The molecule has 1 aliphatic rings. The first-order valence-electron chi connectivity index (χ1n) is 24.8. The maximum atomic E-state index is 14.2. The molecule has 1 fully saturated rings. The lowest BCUT2D eigenvalue weighted by Gasteiger charge is -2.47. The highest BCUT2D eigenvalue weighted by Crippen LogP contribution is 2.26. The van der Waals surface area contributed by atoms with Crippen LogP contribution in [0.3, 0.4) is 0 Å². The van der Waals surface area contributed by atoms with E-state index in [-0.39, 0.29) is 24.9 Å². The lowest BCUT2D eigenvalue weighted by Crippen LogP contribution is -2.70. The van der Waals surface area contributed by atoms with E-state index >= 15 is 0 Å². The number of benzene rings is 1. The van der Waals surface area contributed by atoms with Crippen molar-refractivity contribution in [2.24, 2.45) is 5.92 Å². The number of rotatable bonds is 36. The van der Waals surface area contributed by atoms with E-state index in [2.05, 4.69) is 24.5 Å². The molecule has 11 nitrogen and oxygen atoms in total. The quantitative estimate of drug-likeness (QED) is 0.0418. The molecule has 6 atom stereocenters. The Morgan fingerprint density at radius 2 is 1.16 bits per heavy atom. The van der Waals surface area contributed by atoms with Crippen LogP contribution in [0, 0.1) is 5.92 Å². The van der Waals surface area contributed by atoms with Crippen LogP contribution in [0.5, 0.6) is 0 Å². The van der Waals surface area contributed by atoms with E-state index in [1.807, 2.05) is 44.2 Å². The molecular weight excluding hydrogens is 771 g/mol. The molecule has 0 unspecified atom stereocenters. The Morgan fingerprint density at radius 3 is 1.64 bits per heavy atom. The van der Waals surface area contributed by atoms with E-state index in [4.69, 9.17) is 9.47 Å². The van der Waals surface area contributed by atoms with Crippen molar-refractivity contribution in [2.45, 2.75) is 244 Å². The van der Waals surface area contributed by atoms with Gasteiger partial charge in [0.15, 0.2) is 6.23 Å². The number of alkyl carbamates (subject to hydrolysis) is 1. The predicted molar refractivity (Wildman–Crippen MR) is 246 cm³/mol. The summed E-state index contributed by atoms with van der Waals surface area (Å²) in [5.41, 5.74) is 0.803. The lowest BCUT2D eigenvalue weighted by atomic mass is 9.94. The van der Waals surface area contributed by atoms with Crippen LogP contribution in [0.15, 0.2) is 30.3 Å². The van der Waals surface area contributed by atoms with Crippen LogP contribution < -0.4 is 10.6 Å². The molecule has 11 heteroatoms. The Labute approximate surface area is 370 Å². The number of carbonyl (C=O) groups excluding carboxylic acids is 3. The van der Waals surface area contributed by atoms with Crippen LogP contribution in [0.4, 0.5) is 4.79 Å². The first-order valence-corrected chi connectivity index (χ1v) is 24.8. The van der Waals surface area contributed by atoms with Gasteiger partial charge in [-0.3, -0.25) is 9.59 Å². The summed E-state index contributed by atoms with van der Waals surface area (Å²) in [6, 6.07) is 7.01. The third-order valence-electron chi connectivity index (χ3n) is 12.1. The smallest absolute Gasteiger partial charge is 0.408 e. The Balaban J connectivity index is 2.09. The van der Waals surface area contributed by atoms with Gasteiger partial charge in [-0.15, -0.1) is 0 Å². The second kappa shape index (κ2) is 34.7. The molecule has 61 heavy (non-hydrogen) atoms. The molecule has 1 saturated heterocycles. The fraction of sp³-hybridized carbons (Fsp3) is 0.820. The minimum absolute atomic E-state index is 0.0158. The Bertz CT molecular complexity index is 1250. The van der Waals surface area contributed by atoms with Gasteiger partial charge in [-0.25, -0.2) is 4.79 Å². The van der Waals surface area contributed by atoms with Crippen LogP contribution in [0.1, 0.15) is 207 Å². The first kappa shape index (κ1) is 54.4. The minimum atomic E-state index is -1.54. The number of nitrogens with zero attached hydrogens (tertiary/aromatic N) is 1. The fourth-order valence-corrected chi connectivity index (χ4v) is 8.35. The van der Waals surface area contributed by atoms with Crippen molar-refractivity contribution in [3.8, 4) is 0 Å². The Hall–Kier alpha value is -2.73. The second-order valence-electron chi connectivity index (χ2n) is 18.1. The summed E-state index contributed by atoms with van der Waals surface area (Å²) in [5, 5.41) is 38.2. The van der Waals surface area contributed by atoms with Gasteiger partial charge >= 0.3 is 6.09 Å². The monoisotopic (exact) mass is 860 g/mol. The molecule has 1 aliphatic heterocycles. The third kappa shape index (κ3) is 24.1. The number of aliphatic hydroxyl groups is 3. The molecule has 0 saturated carbocycles. The van der Waals surface area contributed by atoms with Crippen molar-refractivity contribution >= 4 is 17.9 Å². The zero-order chi connectivity index (χ0) is 44.5. The standard InChI is InChI=1S/C50H89N3O8/c1-5-7-9-11-13-15-17-19-20-22-24-26-31-35-44(55)53(36-32-27-25-23-21-18-16-14-12-10-8-6-2)49-45(47(57)46(56)43(38-54)61-49)52-48(58)42(37-40(3)4)51-50(59)60-39-41-33-29-28-30-34-41/h28-30,33-34,40,42-43,45-47,49,54,56-57H,5-27,31-32,35-39H2,1-4H3,(H,51,59)(H,52,58)/t42-,43+,45+,46+,47+,49+/m0/s1. The topological polar surface area (TPSA) is 158 Å². The zero-order valence-corrected chi connectivity index (χ0v) is 39.0.